The number of nitrogens with zero attached hydrogens (tertiary/aromatic N) is 4. The van der Waals surface area contributed by atoms with E-state index in [-0.39, 0.29) is 11.9 Å². The highest BCUT2D eigenvalue weighted by atomic mass is 32.1. The topological polar surface area (TPSA) is 85.8 Å². The van der Waals surface area contributed by atoms with E-state index in [1.807, 2.05) is 13.0 Å². The van der Waals surface area contributed by atoms with E-state index in [4.69, 9.17) is 4.42 Å². The lowest BCUT2D eigenvalue weighted by Crippen LogP contribution is -2.28. The van der Waals surface area contributed by atoms with Gasteiger partial charge < -0.3 is 14.3 Å². The summed E-state index contributed by atoms with van der Waals surface area (Å²) in [4.78, 5) is 16.7. The molecule has 118 valence electrons. The number of hydrogen-bond donors (Lipinski definition) is 1. The van der Waals surface area contributed by atoms with Gasteiger partial charge in [0.05, 0.1) is 12.3 Å². The van der Waals surface area contributed by atoms with Gasteiger partial charge in [0.2, 0.25) is 0 Å². The quantitative estimate of drug-likeness (QED) is 0.794. The number of nitrogens with one attached hydrogen (secondary N) is 1. The zero-order chi connectivity index (χ0) is 15.8. The molecule has 0 saturated heterocycles. The van der Waals surface area contributed by atoms with Crippen LogP contribution in [0.25, 0.3) is 10.6 Å². The van der Waals surface area contributed by atoms with E-state index in [0.29, 0.717) is 5.69 Å². The van der Waals surface area contributed by atoms with Crippen LogP contribution in [0.2, 0.25) is 0 Å². The number of carbonyl (C=O) groups excluding carboxylic acids is 1. The summed E-state index contributed by atoms with van der Waals surface area (Å²) in [6.45, 7) is 2.83. The maximum Gasteiger partial charge on any atom is 0.271 e. The first-order chi connectivity index (χ1) is 11.2. The maximum atomic E-state index is 12.4. The molecule has 23 heavy (non-hydrogen) atoms. The zero-order valence-corrected chi connectivity index (χ0v) is 13.3. The molecule has 0 radical (unpaired) electrons. The Bertz CT molecular complexity index is 836. The van der Waals surface area contributed by atoms with E-state index < -0.39 is 0 Å². The Kier molecular flexibility index (Phi) is 3.45. The van der Waals surface area contributed by atoms with Crippen molar-refractivity contribution >= 4 is 17.2 Å². The highest BCUT2D eigenvalue weighted by Gasteiger charge is 2.23. The largest absolute Gasteiger partial charge is 0.472 e. The van der Waals surface area contributed by atoms with Crippen LogP contribution in [0.15, 0.2) is 28.4 Å². The van der Waals surface area contributed by atoms with E-state index in [2.05, 4.69) is 25.1 Å². The molecular formula is C15H15N5O2S. The van der Waals surface area contributed by atoms with Gasteiger partial charge in [-0.05, 0) is 19.4 Å². The number of aryl methyl sites for hydroxylation is 1. The lowest BCUT2D eigenvalue weighted by Gasteiger charge is -2.12. The molecule has 7 nitrogen and oxygen atoms in total. The second kappa shape index (κ2) is 5.62. The zero-order valence-electron chi connectivity index (χ0n) is 12.5. The normalized spacial score (nSPS) is 14.7. The fourth-order valence-electron chi connectivity index (χ4n) is 2.73. The van der Waals surface area contributed by atoms with Crippen molar-refractivity contribution in [3.63, 3.8) is 0 Å². The molecule has 1 unspecified atom stereocenters. The van der Waals surface area contributed by atoms with Crippen LogP contribution < -0.4 is 5.32 Å². The molecule has 3 aromatic rings. The Balaban J connectivity index is 1.49. The molecular weight excluding hydrogens is 314 g/mol. The van der Waals surface area contributed by atoms with Crippen LogP contribution in [0.1, 0.15) is 41.5 Å². The molecule has 1 aliphatic rings. The summed E-state index contributed by atoms with van der Waals surface area (Å²) in [5.74, 6) is 1.59. The predicted octanol–water partition coefficient (Wildman–Crippen LogP) is 2.43. The molecule has 0 aliphatic carbocycles. The van der Waals surface area contributed by atoms with Crippen molar-refractivity contribution in [3.8, 4) is 10.6 Å². The van der Waals surface area contributed by atoms with Gasteiger partial charge in [0.1, 0.15) is 22.8 Å². The van der Waals surface area contributed by atoms with Crippen LogP contribution in [0.4, 0.5) is 0 Å². The lowest BCUT2D eigenvalue weighted by atomic mass is 10.3. The first-order valence-electron chi connectivity index (χ1n) is 7.43. The standard InChI is InChI=1S/C15H15N5O2S/c1-9(13-19-18-12-3-2-5-20(12)13)16-14(21)11-8-23-15(17-11)10-4-6-22-7-10/h4,6-9H,2-3,5H2,1H3,(H,16,21). The van der Waals surface area contributed by atoms with Gasteiger partial charge >= 0.3 is 0 Å². The Morgan fingerprint density at radius 3 is 3.22 bits per heavy atom. The maximum absolute atomic E-state index is 12.4. The molecule has 0 bridgehead atoms. The first-order valence-corrected chi connectivity index (χ1v) is 8.31. The summed E-state index contributed by atoms with van der Waals surface area (Å²) in [5.41, 5.74) is 1.27. The van der Waals surface area contributed by atoms with E-state index >= 15 is 0 Å². The Labute approximate surface area is 136 Å². The lowest BCUT2D eigenvalue weighted by molar-refractivity contribution is 0.0933. The Hall–Kier alpha value is -2.48. The molecule has 1 atom stereocenters. The second-order valence-corrected chi connectivity index (χ2v) is 6.33. The molecule has 1 N–H and O–H groups in total. The number of aromatic nitrogens is 4. The molecule has 4 rings (SSSR count). The van der Waals surface area contributed by atoms with Crippen molar-refractivity contribution in [2.24, 2.45) is 0 Å². The van der Waals surface area contributed by atoms with Gasteiger partial charge in [-0.3, -0.25) is 4.79 Å². The summed E-state index contributed by atoms with van der Waals surface area (Å²) in [7, 11) is 0. The summed E-state index contributed by atoms with van der Waals surface area (Å²) in [6.07, 6.45) is 5.24. The molecule has 8 heteroatoms. The summed E-state index contributed by atoms with van der Waals surface area (Å²) in [6, 6.07) is 1.61. The molecule has 0 fully saturated rings. The fourth-order valence-corrected chi connectivity index (χ4v) is 3.51. The number of amides is 1. The summed E-state index contributed by atoms with van der Waals surface area (Å²) < 4.78 is 7.13. The van der Waals surface area contributed by atoms with E-state index in [1.165, 1.54) is 11.3 Å². The Morgan fingerprint density at radius 1 is 1.48 bits per heavy atom. The van der Waals surface area contributed by atoms with Gasteiger partial charge in [0, 0.05) is 23.9 Å². The highest BCUT2D eigenvalue weighted by molar-refractivity contribution is 7.13. The van der Waals surface area contributed by atoms with Gasteiger partial charge in [0.25, 0.3) is 5.91 Å². The third-order valence-electron chi connectivity index (χ3n) is 3.88. The van der Waals surface area contributed by atoms with Crippen molar-refractivity contribution in [3.05, 3.63) is 41.3 Å². The average Bonchev–Trinajstić information content (AvgIpc) is 3.28. The van der Waals surface area contributed by atoms with E-state index in [9.17, 15) is 4.79 Å². The number of rotatable bonds is 4. The number of carbonyl (C=O) groups is 1. The molecule has 0 aromatic carbocycles. The summed E-state index contributed by atoms with van der Waals surface area (Å²) >= 11 is 1.42. The number of hydrogen-bond acceptors (Lipinski definition) is 6. The minimum absolute atomic E-state index is 0.207. The first kappa shape index (κ1) is 14.1. The smallest absolute Gasteiger partial charge is 0.271 e. The van der Waals surface area contributed by atoms with Crippen molar-refractivity contribution in [2.75, 3.05) is 0 Å². The summed E-state index contributed by atoms with van der Waals surface area (Å²) in [5, 5.41) is 13.8. The van der Waals surface area contributed by atoms with Crippen LogP contribution in [-0.2, 0) is 13.0 Å². The molecule has 0 saturated carbocycles. The molecule has 0 spiro atoms. The van der Waals surface area contributed by atoms with Crippen LogP contribution in [0.3, 0.4) is 0 Å². The molecule has 1 amide bonds. The third-order valence-corrected chi connectivity index (χ3v) is 4.77. The minimum Gasteiger partial charge on any atom is -0.472 e. The Morgan fingerprint density at radius 2 is 2.39 bits per heavy atom. The molecule has 4 heterocycles. The van der Waals surface area contributed by atoms with Gasteiger partial charge in [-0.15, -0.1) is 21.5 Å². The monoisotopic (exact) mass is 329 g/mol. The van der Waals surface area contributed by atoms with Crippen LogP contribution >= 0.6 is 11.3 Å². The fraction of sp³-hybridized carbons (Fsp3) is 0.333. The van der Waals surface area contributed by atoms with Gasteiger partial charge in [0.15, 0.2) is 5.82 Å². The second-order valence-electron chi connectivity index (χ2n) is 5.47. The average molecular weight is 329 g/mol. The SMILES string of the molecule is CC(NC(=O)c1csc(-c2ccoc2)n1)c1nnc2n1CCC2. The number of thiazole rings is 1. The highest BCUT2D eigenvalue weighted by Crippen LogP contribution is 2.24. The van der Waals surface area contributed by atoms with Gasteiger partial charge in [-0.25, -0.2) is 4.98 Å². The number of furan rings is 1. The third kappa shape index (κ3) is 2.55. The van der Waals surface area contributed by atoms with Crippen LogP contribution in [-0.4, -0.2) is 25.7 Å². The molecule has 3 aromatic heterocycles. The van der Waals surface area contributed by atoms with Gasteiger partial charge in [-0.1, -0.05) is 0 Å². The van der Waals surface area contributed by atoms with E-state index in [0.717, 1.165) is 41.6 Å². The van der Waals surface area contributed by atoms with Crippen molar-refractivity contribution < 1.29 is 9.21 Å². The minimum atomic E-state index is -0.209. The van der Waals surface area contributed by atoms with Crippen molar-refractivity contribution in [2.45, 2.75) is 32.4 Å². The van der Waals surface area contributed by atoms with Gasteiger partial charge in [-0.2, -0.15) is 0 Å². The van der Waals surface area contributed by atoms with Crippen molar-refractivity contribution in [1.82, 2.24) is 25.1 Å². The molecule has 1 aliphatic heterocycles. The van der Waals surface area contributed by atoms with Crippen molar-refractivity contribution in [1.29, 1.82) is 0 Å². The van der Waals surface area contributed by atoms with Crippen LogP contribution in [0, 0.1) is 0 Å². The number of fused-ring (bicyclic) bond motifs is 1. The van der Waals surface area contributed by atoms with Crippen LogP contribution in [0.5, 0.6) is 0 Å². The van der Waals surface area contributed by atoms with E-state index in [1.54, 1.807) is 17.9 Å². The predicted molar refractivity (Wildman–Crippen MR) is 84.0 cm³/mol.